The van der Waals surface area contributed by atoms with Gasteiger partial charge in [-0.25, -0.2) is 0 Å². The zero-order chi connectivity index (χ0) is 13.1. The molecular formula is C12H20N2O3. The largest absolute Gasteiger partial charge is 0.480 e. The highest BCUT2D eigenvalue weighted by atomic mass is 16.4. The van der Waals surface area contributed by atoms with Crippen LogP contribution in [0, 0.1) is 5.41 Å². The smallest absolute Gasteiger partial charge is 0.323 e. The second kappa shape index (κ2) is 5.31. The molecule has 2 atom stereocenters. The maximum atomic E-state index is 12.3. The topological polar surface area (TPSA) is 83.6 Å². The molecule has 0 heterocycles. The van der Waals surface area contributed by atoms with Gasteiger partial charge in [0.05, 0.1) is 5.41 Å². The number of carboxylic acid groups (broad SMARTS) is 1. The summed E-state index contributed by atoms with van der Waals surface area (Å²) in [6.45, 7) is 5.31. The summed E-state index contributed by atoms with van der Waals surface area (Å²) in [6.07, 6.45) is 3.99. The molecule has 1 fully saturated rings. The van der Waals surface area contributed by atoms with E-state index in [1.165, 1.54) is 11.0 Å². The summed E-state index contributed by atoms with van der Waals surface area (Å²) >= 11 is 0. The Morgan fingerprint density at radius 2 is 2.29 bits per heavy atom. The number of hydrogen-bond donors (Lipinski definition) is 2. The van der Waals surface area contributed by atoms with Crippen LogP contribution in [-0.2, 0) is 9.59 Å². The van der Waals surface area contributed by atoms with E-state index in [1.54, 1.807) is 0 Å². The number of amides is 1. The van der Waals surface area contributed by atoms with Crippen LogP contribution in [0.1, 0.15) is 26.2 Å². The van der Waals surface area contributed by atoms with E-state index in [0.29, 0.717) is 0 Å². The molecule has 1 amide bonds. The highest BCUT2D eigenvalue weighted by Crippen LogP contribution is 2.38. The van der Waals surface area contributed by atoms with Crippen LogP contribution < -0.4 is 5.73 Å². The van der Waals surface area contributed by atoms with Crippen LogP contribution in [0.3, 0.4) is 0 Å². The first-order chi connectivity index (χ1) is 7.91. The molecule has 0 aliphatic heterocycles. The van der Waals surface area contributed by atoms with Gasteiger partial charge in [-0.2, -0.15) is 0 Å². The fourth-order valence-corrected chi connectivity index (χ4v) is 2.36. The van der Waals surface area contributed by atoms with Gasteiger partial charge < -0.3 is 15.7 Å². The summed E-state index contributed by atoms with van der Waals surface area (Å²) < 4.78 is 0. The SMILES string of the molecule is C=CCN(CC(=O)O)C(=O)C1(C)CCCC1N. The number of hydrogen-bond acceptors (Lipinski definition) is 3. The summed E-state index contributed by atoms with van der Waals surface area (Å²) in [5.74, 6) is -1.19. The molecule has 0 saturated heterocycles. The lowest BCUT2D eigenvalue weighted by Crippen LogP contribution is -2.50. The maximum absolute atomic E-state index is 12.3. The summed E-state index contributed by atoms with van der Waals surface area (Å²) in [5, 5.41) is 8.79. The number of aliphatic carboxylic acids is 1. The van der Waals surface area contributed by atoms with E-state index in [1.807, 2.05) is 6.92 Å². The Hall–Kier alpha value is -1.36. The molecule has 0 radical (unpaired) electrons. The minimum absolute atomic E-state index is 0.176. The molecule has 5 heteroatoms. The quantitative estimate of drug-likeness (QED) is 0.689. The third-order valence-electron chi connectivity index (χ3n) is 3.48. The molecule has 1 saturated carbocycles. The van der Waals surface area contributed by atoms with Crippen molar-refractivity contribution in [2.45, 2.75) is 32.2 Å². The fraction of sp³-hybridized carbons (Fsp3) is 0.667. The molecule has 0 spiro atoms. The second-order valence-corrected chi connectivity index (χ2v) is 4.78. The van der Waals surface area contributed by atoms with Gasteiger partial charge in [0, 0.05) is 12.6 Å². The van der Waals surface area contributed by atoms with Gasteiger partial charge in [0.2, 0.25) is 5.91 Å². The lowest BCUT2D eigenvalue weighted by molar-refractivity contribution is -0.149. The third kappa shape index (κ3) is 2.85. The Balaban J connectivity index is 2.83. The molecule has 1 aliphatic rings. The number of carbonyl (C=O) groups is 2. The molecule has 0 bridgehead atoms. The van der Waals surface area contributed by atoms with Crippen LogP contribution in [0.4, 0.5) is 0 Å². The second-order valence-electron chi connectivity index (χ2n) is 4.78. The number of nitrogens with two attached hydrogens (primary N) is 1. The predicted octanol–water partition coefficient (Wildman–Crippen LogP) is 0.603. The highest BCUT2D eigenvalue weighted by molar-refractivity contribution is 5.86. The van der Waals surface area contributed by atoms with E-state index in [-0.39, 0.29) is 25.0 Å². The molecule has 2 unspecified atom stereocenters. The van der Waals surface area contributed by atoms with Crippen molar-refractivity contribution in [3.63, 3.8) is 0 Å². The summed E-state index contributed by atoms with van der Waals surface area (Å²) in [5.41, 5.74) is 5.33. The Morgan fingerprint density at radius 3 is 2.71 bits per heavy atom. The van der Waals surface area contributed by atoms with Crippen LogP contribution in [0.5, 0.6) is 0 Å². The molecular weight excluding hydrogens is 220 g/mol. The standard InChI is InChI=1S/C12H20N2O3/c1-3-7-14(8-10(15)16)11(17)12(2)6-4-5-9(12)13/h3,9H,1,4-8,13H2,2H3,(H,15,16). The van der Waals surface area contributed by atoms with Crippen molar-refractivity contribution >= 4 is 11.9 Å². The first kappa shape index (κ1) is 13.7. The van der Waals surface area contributed by atoms with Crippen molar-refractivity contribution in [1.29, 1.82) is 0 Å². The highest BCUT2D eigenvalue weighted by Gasteiger charge is 2.45. The zero-order valence-electron chi connectivity index (χ0n) is 10.2. The van der Waals surface area contributed by atoms with Gasteiger partial charge in [-0.1, -0.05) is 12.5 Å². The molecule has 1 aliphatic carbocycles. The van der Waals surface area contributed by atoms with E-state index in [9.17, 15) is 9.59 Å². The van der Waals surface area contributed by atoms with Crippen molar-refractivity contribution in [1.82, 2.24) is 4.90 Å². The number of rotatable bonds is 5. The Morgan fingerprint density at radius 1 is 1.65 bits per heavy atom. The number of carboxylic acids is 1. The predicted molar refractivity (Wildman–Crippen MR) is 64.3 cm³/mol. The van der Waals surface area contributed by atoms with Crippen molar-refractivity contribution in [2.75, 3.05) is 13.1 Å². The van der Waals surface area contributed by atoms with Gasteiger partial charge in [-0.3, -0.25) is 9.59 Å². The molecule has 96 valence electrons. The lowest BCUT2D eigenvalue weighted by atomic mass is 9.83. The van der Waals surface area contributed by atoms with E-state index >= 15 is 0 Å². The van der Waals surface area contributed by atoms with E-state index in [2.05, 4.69) is 6.58 Å². The Bertz CT molecular complexity index is 330. The number of nitrogens with zero attached hydrogens (tertiary/aromatic N) is 1. The van der Waals surface area contributed by atoms with E-state index in [0.717, 1.165) is 19.3 Å². The Labute approximate surface area is 101 Å². The molecule has 3 N–H and O–H groups in total. The van der Waals surface area contributed by atoms with Crippen molar-refractivity contribution in [2.24, 2.45) is 11.1 Å². The van der Waals surface area contributed by atoms with Crippen LogP contribution in [0.2, 0.25) is 0 Å². The average molecular weight is 240 g/mol. The first-order valence-electron chi connectivity index (χ1n) is 5.79. The van der Waals surface area contributed by atoms with Crippen LogP contribution in [0.25, 0.3) is 0 Å². The molecule has 0 aromatic heterocycles. The number of carbonyl (C=O) groups excluding carboxylic acids is 1. The fourth-order valence-electron chi connectivity index (χ4n) is 2.36. The summed E-state index contributed by atoms with van der Waals surface area (Å²) in [6, 6.07) is -0.184. The molecule has 0 aromatic rings. The van der Waals surface area contributed by atoms with Crippen LogP contribution >= 0.6 is 0 Å². The van der Waals surface area contributed by atoms with Gasteiger partial charge >= 0.3 is 5.97 Å². The van der Waals surface area contributed by atoms with Crippen molar-refractivity contribution in [3.8, 4) is 0 Å². The minimum Gasteiger partial charge on any atom is -0.480 e. The average Bonchev–Trinajstić information content (AvgIpc) is 2.58. The van der Waals surface area contributed by atoms with E-state index in [4.69, 9.17) is 10.8 Å². The molecule has 17 heavy (non-hydrogen) atoms. The normalized spacial score (nSPS) is 27.8. The Kier molecular flexibility index (Phi) is 4.28. The summed E-state index contributed by atoms with van der Waals surface area (Å²) in [4.78, 5) is 24.4. The van der Waals surface area contributed by atoms with Crippen LogP contribution in [-0.4, -0.2) is 41.0 Å². The monoisotopic (exact) mass is 240 g/mol. The first-order valence-corrected chi connectivity index (χ1v) is 5.79. The minimum atomic E-state index is -1.02. The van der Waals surface area contributed by atoms with Gasteiger partial charge in [-0.15, -0.1) is 6.58 Å². The van der Waals surface area contributed by atoms with E-state index < -0.39 is 11.4 Å². The lowest BCUT2D eigenvalue weighted by Gasteiger charge is -2.33. The molecule has 1 rings (SSSR count). The van der Waals surface area contributed by atoms with Gasteiger partial charge in [-0.05, 0) is 19.8 Å². The van der Waals surface area contributed by atoms with Gasteiger partial charge in [0.15, 0.2) is 0 Å². The maximum Gasteiger partial charge on any atom is 0.323 e. The van der Waals surface area contributed by atoms with Gasteiger partial charge in [0.1, 0.15) is 6.54 Å². The van der Waals surface area contributed by atoms with Crippen molar-refractivity contribution < 1.29 is 14.7 Å². The molecule has 5 nitrogen and oxygen atoms in total. The van der Waals surface area contributed by atoms with Gasteiger partial charge in [0.25, 0.3) is 0 Å². The van der Waals surface area contributed by atoms with Crippen molar-refractivity contribution in [3.05, 3.63) is 12.7 Å². The summed E-state index contributed by atoms with van der Waals surface area (Å²) in [7, 11) is 0. The zero-order valence-corrected chi connectivity index (χ0v) is 10.2. The molecule has 0 aromatic carbocycles. The third-order valence-corrected chi connectivity index (χ3v) is 3.48. The van der Waals surface area contributed by atoms with Crippen LogP contribution in [0.15, 0.2) is 12.7 Å².